The summed E-state index contributed by atoms with van der Waals surface area (Å²) in [5.74, 6) is 1.66. The van der Waals surface area contributed by atoms with Gasteiger partial charge in [-0.05, 0) is 18.2 Å². The quantitative estimate of drug-likeness (QED) is 0.837. The largest absolute Gasteiger partial charge is 0.497 e. The van der Waals surface area contributed by atoms with Crippen molar-refractivity contribution in [2.75, 3.05) is 26.9 Å². The molecular weight excluding hydrogens is 313 g/mol. The molecule has 0 N–H and O–H groups in total. The van der Waals surface area contributed by atoms with Gasteiger partial charge in [-0.1, -0.05) is 13.8 Å². The lowest BCUT2D eigenvalue weighted by Crippen LogP contribution is -2.39. The second-order valence-electron chi connectivity index (χ2n) is 6.15. The monoisotopic (exact) mass is 335 g/mol. The zero-order valence-electron chi connectivity index (χ0n) is 14.2. The predicted molar refractivity (Wildman–Crippen MR) is 85.3 cm³/mol. The smallest absolute Gasteiger partial charge is 0.236 e. The average molecular weight is 335 g/mol. The van der Waals surface area contributed by atoms with Crippen molar-refractivity contribution in [2.24, 2.45) is 0 Å². The SMILES string of the molecule is COc1ccc(F)c(CN2CCOCC2c2nnc(C(C)C)o2)c1. The number of halogens is 1. The minimum absolute atomic E-state index is 0.167. The molecule has 130 valence electrons. The summed E-state index contributed by atoms with van der Waals surface area (Å²) in [5.41, 5.74) is 0.574. The molecule has 6 nitrogen and oxygen atoms in total. The fraction of sp³-hybridized carbons (Fsp3) is 0.529. The topological polar surface area (TPSA) is 60.6 Å². The van der Waals surface area contributed by atoms with Crippen molar-refractivity contribution in [2.45, 2.75) is 32.4 Å². The normalized spacial score (nSPS) is 19.0. The number of morpholine rings is 1. The second-order valence-corrected chi connectivity index (χ2v) is 6.15. The fourth-order valence-corrected chi connectivity index (χ4v) is 2.69. The summed E-state index contributed by atoms with van der Waals surface area (Å²) >= 11 is 0. The van der Waals surface area contributed by atoms with Gasteiger partial charge in [-0.25, -0.2) is 4.39 Å². The van der Waals surface area contributed by atoms with Crippen LogP contribution in [0.5, 0.6) is 5.75 Å². The molecule has 24 heavy (non-hydrogen) atoms. The van der Waals surface area contributed by atoms with Crippen LogP contribution in [0.3, 0.4) is 0 Å². The van der Waals surface area contributed by atoms with Crippen LogP contribution >= 0.6 is 0 Å². The van der Waals surface area contributed by atoms with Crippen LogP contribution in [0.15, 0.2) is 22.6 Å². The molecular formula is C17H22FN3O3. The molecule has 1 atom stereocenters. The van der Waals surface area contributed by atoms with Crippen LogP contribution in [-0.4, -0.2) is 42.0 Å². The second kappa shape index (κ2) is 7.27. The molecule has 1 aliphatic rings. The Labute approximate surface area is 140 Å². The van der Waals surface area contributed by atoms with Gasteiger partial charge in [0, 0.05) is 24.6 Å². The molecule has 1 aromatic heterocycles. The van der Waals surface area contributed by atoms with E-state index >= 15 is 0 Å². The van der Waals surface area contributed by atoms with Gasteiger partial charge in [0.25, 0.3) is 0 Å². The summed E-state index contributed by atoms with van der Waals surface area (Å²) in [6.07, 6.45) is 0. The van der Waals surface area contributed by atoms with Crippen molar-refractivity contribution >= 4 is 0 Å². The summed E-state index contributed by atoms with van der Waals surface area (Å²) in [7, 11) is 1.57. The Morgan fingerprint density at radius 2 is 2.21 bits per heavy atom. The number of hydrogen-bond acceptors (Lipinski definition) is 6. The van der Waals surface area contributed by atoms with E-state index in [-0.39, 0.29) is 17.8 Å². The molecule has 1 saturated heterocycles. The Balaban J connectivity index is 1.82. The average Bonchev–Trinajstić information content (AvgIpc) is 3.07. The highest BCUT2D eigenvalue weighted by Gasteiger charge is 2.30. The van der Waals surface area contributed by atoms with Crippen molar-refractivity contribution in [3.63, 3.8) is 0 Å². The standard InChI is InChI=1S/C17H22FN3O3/c1-11(2)16-19-20-17(24-16)15-10-23-7-6-21(15)9-12-8-13(22-3)4-5-14(12)18/h4-5,8,11,15H,6-7,9-10H2,1-3H3. The van der Waals surface area contributed by atoms with Crippen LogP contribution in [0.25, 0.3) is 0 Å². The highest BCUT2D eigenvalue weighted by molar-refractivity contribution is 5.30. The molecule has 3 rings (SSSR count). The van der Waals surface area contributed by atoms with E-state index in [1.54, 1.807) is 19.2 Å². The highest BCUT2D eigenvalue weighted by atomic mass is 19.1. The number of ether oxygens (including phenoxy) is 2. The van der Waals surface area contributed by atoms with E-state index in [1.807, 2.05) is 13.8 Å². The number of hydrogen-bond donors (Lipinski definition) is 0. The van der Waals surface area contributed by atoms with Crippen molar-refractivity contribution < 1.29 is 18.3 Å². The third-order valence-corrected chi connectivity index (χ3v) is 4.10. The van der Waals surface area contributed by atoms with Gasteiger partial charge >= 0.3 is 0 Å². The summed E-state index contributed by atoms with van der Waals surface area (Å²) < 4.78 is 30.7. The molecule has 2 heterocycles. The van der Waals surface area contributed by atoms with Gasteiger partial charge in [0.1, 0.15) is 17.6 Å². The zero-order chi connectivity index (χ0) is 17.1. The Bertz CT molecular complexity index is 689. The van der Waals surface area contributed by atoms with Gasteiger partial charge in [0.15, 0.2) is 0 Å². The summed E-state index contributed by atoms with van der Waals surface area (Å²) in [6.45, 7) is 6.13. The molecule has 0 aliphatic carbocycles. The van der Waals surface area contributed by atoms with Crippen LogP contribution in [0, 0.1) is 5.82 Å². The lowest BCUT2D eigenvalue weighted by atomic mass is 10.1. The number of methoxy groups -OCH3 is 1. The van der Waals surface area contributed by atoms with Crippen molar-refractivity contribution in [1.82, 2.24) is 15.1 Å². The third kappa shape index (κ3) is 3.57. The molecule has 1 aromatic carbocycles. The van der Waals surface area contributed by atoms with E-state index < -0.39 is 0 Å². The molecule has 1 unspecified atom stereocenters. The van der Waals surface area contributed by atoms with Crippen molar-refractivity contribution in [1.29, 1.82) is 0 Å². The first-order valence-corrected chi connectivity index (χ1v) is 8.06. The van der Waals surface area contributed by atoms with E-state index in [1.165, 1.54) is 6.07 Å². The molecule has 0 amide bonds. The maximum absolute atomic E-state index is 14.1. The van der Waals surface area contributed by atoms with Gasteiger partial charge in [0.2, 0.25) is 11.8 Å². The first kappa shape index (κ1) is 16.9. The van der Waals surface area contributed by atoms with Crippen LogP contribution < -0.4 is 4.74 Å². The molecule has 1 fully saturated rings. The summed E-state index contributed by atoms with van der Waals surface area (Å²) in [4.78, 5) is 2.10. The van der Waals surface area contributed by atoms with Gasteiger partial charge in [-0.3, -0.25) is 4.90 Å². The first-order valence-electron chi connectivity index (χ1n) is 8.06. The van der Waals surface area contributed by atoms with E-state index in [2.05, 4.69) is 15.1 Å². The zero-order valence-corrected chi connectivity index (χ0v) is 14.2. The van der Waals surface area contributed by atoms with Gasteiger partial charge < -0.3 is 13.9 Å². The molecule has 0 bridgehead atoms. The van der Waals surface area contributed by atoms with Crippen LogP contribution in [0.4, 0.5) is 4.39 Å². The Morgan fingerprint density at radius 3 is 2.92 bits per heavy atom. The lowest BCUT2D eigenvalue weighted by Gasteiger charge is -2.33. The molecule has 0 radical (unpaired) electrons. The molecule has 2 aromatic rings. The number of benzene rings is 1. The summed E-state index contributed by atoms with van der Waals surface area (Å²) in [5, 5.41) is 8.24. The molecule has 1 aliphatic heterocycles. The fourth-order valence-electron chi connectivity index (χ4n) is 2.69. The maximum Gasteiger partial charge on any atom is 0.236 e. The van der Waals surface area contributed by atoms with Gasteiger partial charge in [-0.15, -0.1) is 10.2 Å². The number of nitrogens with zero attached hydrogens (tertiary/aromatic N) is 3. The molecule has 7 heteroatoms. The van der Waals surface area contributed by atoms with E-state index in [4.69, 9.17) is 13.9 Å². The van der Waals surface area contributed by atoms with Crippen LogP contribution in [0.2, 0.25) is 0 Å². The maximum atomic E-state index is 14.1. The summed E-state index contributed by atoms with van der Waals surface area (Å²) in [6, 6.07) is 4.58. The van der Waals surface area contributed by atoms with Crippen molar-refractivity contribution in [3.05, 3.63) is 41.4 Å². The van der Waals surface area contributed by atoms with E-state index in [9.17, 15) is 4.39 Å². The van der Waals surface area contributed by atoms with E-state index in [0.717, 1.165) is 0 Å². The van der Waals surface area contributed by atoms with Crippen LogP contribution in [-0.2, 0) is 11.3 Å². The Hall–Kier alpha value is -1.99. The highest BCUT2D eigenvalue weighted by Crippen LogP contribution is 2.28. The third-order valence-electron chi connectivity index (χ3n) is 4.10. The Kier molecular flexibility index (Phi) is 5.11. The number of aromatic nitrogens is 2. The van der Waals surface area contributed by atoms with Gasteiger partial charge in [-0.2, -0.15) is 0 Å². The molecule has 0 saturated carbocycles. The number of rotatable bonds is 5. The van der Waals surface area contributed by atoms with Crippen molar-refractivity contribution in [3.8, 4) is 5.75 Å². The lowest BCUT2D eigenvalue weighted by molar-refractivity contribution is -0.0231. The minimum atomic E-state index is -0.255. The first-order chi connectivity index (χ1) is 11.6. The predicted octanol–water partition coefficient (Wildman–Crippen LogP) is 2.91. The molecule has 0 spiro atoms. The van der Waals surface area contributed by atoms with Crippen LogP contribution in [0.1, 0.15) is 43.2 Å². The Morgan fingerprint density at radius 1 is 1.38 bits per heavy atom. The minimum Gasteiger partial charge on any atom is -0.497 e. The van der Waals surface area contributed by atoms with E-state index in [0.29, 0.717) is 49.4 Å². The van der Waals surface area contributed by atoms with Gasteiger partial charge in [0.05, 0.1) is 20.3 Å².